The summed E-state index contributed by atoms with van der Waals surface area (Å²) < 4.78 is 0. The molecule has 0 saturated carbocycles. The molecule has 1 nitrogen and oxygen atoms in total. The van der Waals surface area contributed by atoms with Crippen molar-refractivity contribution in [2.45, 2.75) is 33.6 Å². The second-order valence-electron chi connectivity index (χ2n) is 2.49. The number of nitrogens with zero attached hydrogens (tertiary/aromatic N) is 1. The molecule has 0 bridgehead atoms. The molecule has 62 valence electrons. The van der Waals surface area contributed by atoms with Crippen molar-refractivity contribution in [3.05, 3.63) is 23.9 Å². The van der Waals surface area contributed by atoms with Gasteiger partial charge < -0.3 is 0 Å². The van der Waals surface area contributed by atoms with Crippen LogP contribution in [0.4, 0.5) is 0 Å². The Morgan fingerprint density at radius 3 is 2.73 bits per heavy atom. The first kappa shape index (κ1) is 10.2. The van der Waals surface area contributed by atoms with E-state index >= 15 is 0 Å². The summed E-state index contributed by atoms with van der Waals surface area (Å²) in [5, 5.41) is 0. The number of allylic oxidation sites excluding steroid dienone is 3. The molecule has 1 heteroatoms. The van der Waals surface area contributed by atoms with Gasteiger partial charge in [-0.15, -0.1) is 0 Å². The molecule has 0 saturated heterocycles. The van der Waals surface area contributed by atoms with Gasteiger partial charge in [-0.3, -0.25) is 4.99 Å². The Kier molecular flexibility index (Phi) is 6.70. The van der Waals surface area contributed by atoms with Crippen LogP contribution in [0.5, 0.6) is 0 Å². The maximum absolute atomic E-state index is 4.14. The predicted molar refractivity (Wildman–Crippen MR) is 52.0 cm³/mol. The normalized spacial score (nSPS) is 13.5. The van der Waals surface area contributed by atoms with Crippen LogP contribution in [-0.4, -0.2) is 6.21 Å². The maximum Gasteiger partial charge on any atom is 0.0292 e. The fourth-order valence-corrected chi connectivity index (χ4v) is 0.680. The lowest BCUT2D eigenvalue weighted by molar-refractivity contribution is 1.01. The average molecular weight is 151 g/mol. The van der Waals surface area contributed by atoms with Gasteiger partial charge in [0.1, 0.15) is 0 Å². The lowest BCUT2D eigenvalue weighted by atomic mass is 10.3. The zero-order valence-corrected chi connectivity index (χ0v) is 7.67. The van der Waals surface area contributed by atoms with Crippen LogP contribution < -0.4 is 0 Å². The van der Waals surface area contributed by atoms with Crippen LogP contribution in [0, 0.1) is 0 Å². The van der Waals surface area contributed by atoms with Gasteiger partial charge in [-0.05, 0) is 25.8 Å². The monoisotopic (exact) mass is 151 g/mol. The molecule has 0 aromatic heterocycles. The van der Waals surface area contributed by atoms with Crippen molar-refractivity contribution < 1.29 is 0 Å². The van der Waals surface area contributed by atoms with Gasteiger partial charge in [-0.1, -0.05) is 25.5 Å². The van der Waals surface area contributed by atoms with Crippen molar-refractivity contribution in [1.29, 1.82) is 0 Å². The number of hydrogen-bond donors (Lipinski definition) is 0. The molecular formula is C10H17N. The van der Waals surface area contributed by atoms with Crippen molar-refractivity contribution in [1.82, 2.24) is 0 Å². The van der Waals surface area contributed by atoms with Crippen LogP contribution in [0.25, 0.3) is 0 Å². The minimum Gasteiger partial charge on any atom is -0.269 e. The van der Waals surface area contributed by atoms with Gasteiger partial charge in [0.2, 0.25) is 0 Å². The van der Waals surface area contributed by atoms with Crippen LogP contribution in [0.2, 0.25) is 0 Å². The van der Waals surface area contributed by atoms with E-state index in [1.165, 1.54) is 12.0 Å². The number of hydrogen-bond acceptors (Lipinski definition) is 1. The standard InChI is InChI=1S/C10H17N/c1-4-6-8-11-9-10(3)7-5-2/h5,7-9H,4,6H2,1-3H3/b7-5-,10-9-,11-8-. The predicted octanol–water partition coefficient (Wildman–Crippen LogP) is 3.34. The first-order valence-corrected chi connectivity index (χ1v) is 4.12. The van der Waals surface area contributed by atoms with Gasteiger partial charge in [0.25, 0.3) is 0 Å². The highest BCUT2D eigenvalue weighted by molar-refractivity contribution is 5.58. The number of aliphatic imine (C=N–C) groups is 1. The molecule has 0 N–H and O–H groups in total. The van der Waals surface area contributed by atoms with E-state index in [9.17, 15) is 0 Å². The topological polar surface area (TPSA) is 12.4 Å². The molecule has 0 amide bonds. The van der Waals surface area contributed by atoms with Crippen LogP contribution in [0.1, 0.15) is 33.6 Å². The molecule has 0 aliphatic rings. The first-order chi connectivity index (χ1) is 5.31. The van der Waals surface area contributed by atoms with Crippen molar-refractivity contribution in [2.75, 3.05) is 0 Å². The van der Waals surface area contributed by atoms with Gasteiger partial charge in [0, 0.05) is 12.4 Å². The van der Waals surface area contributed by atoms with E-state index in [4.69, 9.17) is 0 Å². The number of rotatable bonds is 4. The highest BCUT2D eigenvalue weighted by atomic mass is 14.7. The zero-order chi connectivity index (χ0) is 8.53. The molecule has 0 heterocycles. The van der Waals surface area contributed by atoms with Gasteiger partial charge in [0.15, 0.2) is 0 Å². The molecule has 0 radical (unpaired) electrons. The van der Waals surface area contributed by atoms with Crippen molar-refractivity contribution in [3.63, 3.8) is 0 Å². The minimum absolute atomic E-state index is 1.07. The summed E-state index contributed by atoms with van der Waals surface area (Å²) in [6.07, 6.45) is 10.1. The summed E-state index contributed by atoms with van der Waals surface area (Å²) in [6.45, 7) is 6.20. The molecule has 0 aliphatic heterocycles. The Bertz CT molecular complexity index is 164. The Hall–Kier alpha value is -0.850. The Morgan fingerprint density at radius 1 is 1.45 bits per heavy atom. The molecule has 0 unspecified atom stereocenters. The third-order valence-electron chi connectivity index (χ3n) is 1.23. The van der Waals surface area contributed by atoms with Gasteiger partial charge in [-0.2, -0.15) is 0 Å². The average Bonchev–Trinajstić information content (AvgIpc) is 1.99. The lowest BCUT2D eigenvalue weighted by Crippen LogP contribution is -1.71. The highest BCUT2D eigenvalue weighted by Gasteiger charge is 1.76. The van der Waals surface area contributed by atoms with E-state index in [2.05, 4.69) is 11.9 Å². The molecule has 0 aromatic rings. The summed E-state index contributed by atoms with van der Waals surface area (Å²) in [5.74, 6) is 0. The van der Waals surface area contributed by atoms with E-state index < -0.39 is 0 Å². The molecular weight excluding hydrogens is 134 g/mol. The lowest BCUT2D eigenvalue weighted by Gasteiger charge is -1.85. The Balaban J connectivity index is 3.71. The van der Waals surface area contributed by atoms with E-state index in [0.29, 0.717) is 0 Å². The van der Waals surface area contributed by atoms with Crippen LogP contribution in [0.3, 0.4) is 0 Å². The molecule has 0 fully saturated rings. The minimum atomic E-state index is 1.07. The molecule has 0 rings (SSSR count). The summed E-state index contributed by atoms with van der Waals surface area (Å²) in [6, 6.07) is 0. The molecule has 0 aromatic carbocycles. The Labute approximate surface area is 69.5 Å². The zero-order valence-electron chi connectivity index (χ0n) is 7.67. The van der Waals surface area contributed by atoms with Gasteiger partial charge >= 0.3 is 0 Å². The third kappa shape index (κ3) is 7.04. The second-order valence-corrected chi connectivity index (χ2v) is 2.49. The summed E-state index contributed by atoms with van der Waals surface area (Å²) in [5.41, 5.74) is 1.19. The Morgan fingerprint density at radius 2 is 2.18 bits per heavy atom. The largest absolute Gasteiger partial charge is 0.269 e. The van der Waals surface area contributed by atoms with Crippen molar-refractivity contribution in [3.8, 4) is 0 Å². The molecule has 0 spiro atoms. The van der Waals surface area contributed by atoms with E-state index in [-0.39, 0.29) is 0 Å². The quantitative estimate of drug-likeness (QED) is 0.431. The smallest absolute Gasteiger partial charge is 0.0292 e. The maximum atomic E-state index is 4.14. The van der Waals surface area contributed by atoms with Crippen molar-refractivity contribution >= 4 is 6.21 Å². The number of unbranched alkanes of at least 4 members (excludes halogenated alkanes) is 1. The van der Waals surface area contributed by atoms with E-state index in [1.807, 2.05) is 38.4 Å². The molecule has 0 atom stereocenters. The van der Waals surface area contributed by atoms with Gasteiger partial charge in [-0.25, -0.2) is 0 Å². The molecule has 11 heavy (non-hydrogen) atoms. The van der Waals surface area contributed by atoms with Crippen molar-refractivity contribution in [2.24, 2.45) is 4.99 Å². The van der Waals surface area contributed by atoms with Crippen LogP contribution in [0.15, 0.2) is 28.9 Å². The highest BCUT2D eigenvalue weighted by Crippen LogP contribution is 1.94. The second kappa shape index (κ2) is 7.26. The summed E-state index contributed by atoms with van der Waals surface area (Å²) in [7, 11) is 0. The summed E-state index contributed by atoms with van der Waals surface area (Å²) >= 11 is 0. The van der Waals surface area contributed by atoms with Crippen LogP contribution >= 0.6 is 0 Å². The van der Waals surface area contributed by atoms with E-state index in [1.54, 1.807) is 0 Å². The molecule has 0 aliphatic carbocycles. The van der Waals surface area contributed by atoms with Crippen LogP contribution in [-0.2, 0) is 0 Å². The first-order valence-electron chi connectivity index (χ1n) is 4.12. The SMILES string of the molecule is C\C=C/C(C)=C\N=C/CCC. The fourth-order valence-electron chi connectivity index (χ4n) is 0.680. The van der Waals surface area contributed by atoms with E-state index in [0.717, 1.165) is 6.42 Å². The fraction of sp³-hybridized carbons (Fsp3) is 0.500. The van der Waals surface area contributed by atoms with Gasteiger partial charge in [0.05, 0.1) is 0 Å². The summed E-state index contributed by atoms with van der Waals surface area (Å²) in [4.78, 5) is 4.14. The third-order valence-corrected chi connectivity index (χ3v) is 1.23.